The molecular formula is C23H21BrN4O3. The molecule has 7 nitrogen and oxygen atoms in total. The lowest BCUT2D eigenvalue weighted by Gasteiger charge is -2.13. The minimum Gasteiger partial charge on any atom is -0.455 e. The van der Waals surface area contributed by atoms with E-state index in [0.29, 0.717) is 22.2 Å². The van der Waals surface area contributed by atoms with E-state index in [4.69, 9.17) is 4.42 Å². The Morgan fingerprint density at radius 3 is 2.71 bits per heavy atom. The second-order valence-corrected chi connectivity index (χ2v) is 8.28. The number of halogens is 1. The van der Waals surface area contributed by atoms with Crippen molar-refractivity contribution in [2.75, 3.05) is 5.32 Å². The minimum absolute atomic E-state index is 0.269. The summed E-state index contributed by atoms with van der Waals surface area (Å²) in [7, 11) is 0. The first-order valence-electron chi connectivity index (χ1n) is 9.91. The molecule has 2 amide bonds. The number of hydrogen-bond donors (Lipinski definition) is 2. The van der Waals surface area contributed by atoms with Gasteiger partial charge in [0.25, 0.3) is 11.8 Å². The third-order valence-electron chi connectivity index (χ3n) is 5.18. The largest absolute Gasteiger partial charge is 0.455 e. The van der Waals surface area contributed by atoms with Gasteiger partial charge in [-0.3, -0.25) is 14.6 Å². The van der Waals surface area contributed by atoms with E-state index in [9.17, 15) is 9.59 Å². The average molecular weight is 481 g/mol. The zero-order valence-corrected chi connectivity index (χ0v) is 18.7. The van der Waals surface area contributed by atoms with E-state index in [0.717, 1.165) is 41.0 Å². The van der Waals surface area contributed by atoms with Crippen LogP contribution in [-0.4, -0.2) is 22.5 Å². The van der Waals surface area contributed by atoms with Gasteiger partial charge in [0.15, 0.2) is 5.76 Å². The van der Waals surface area contributed by atoms with Crippen molar-refractivity contribution in [1.29, 1.82) is 0 Å². The Labute approximate surface area is 188 Å². The Hall–Kier alpha value is -3.26. The molecule has 1 aromatic carbocycles. The number of aromatic nitrogens is 1. The van der Waals surface area contributed by atoms with Crippen molar-refractivity contribution in [3.63, 3.8) is 0 Å². The fraction of sp³-hybridized carbons (Fsp3) is 0.217. The standard InChI is InChI=1S/C23H21BrN4O3/c1-13-6-3-4-7-17(13)26-23(30)21-14(2)20-18(8-5-9-19(20)31-21)27-28-22(29)15-10-16(24)12-25-11-15/h3-4,6-7,10-12H,5,8-9H2,1-2H3,(H,26,30)(H,28,29)/b27-18+. The molecule has 0 saturated carbocycles. The molecule has 8 heteroatoms. The minimum atomic E-state index is -0.355. The number of anilines is 1. The van der Waals surface area contributed by atoms with Gasteiger partial charge in [-0.05, 0) is 60.3 Å². The molecular weight excluding hydrogens is 460 g/mol. The number of aryl methyl sites for hydroxylation is 2. The van der Waals surface area contributed by atoms with Crippen LogP contribution in [0.4, 0.5) is 5.69 Å². The number of pyridine rings is 1. The number of amides is 2. The molecule has 2 N–H and O–H groups in total. The van der Waals surface area contributed by atoms with Gasteiger partial charge in [-0.2, -0.15) is 5.10 Å². The lowest BCUT2D eigenvalue weighted by molar-refractivity contribution is 0.0953. The predicted molar refractivity (Wildman–Crippen MR) is 121 cm³/mol. The van der Waals surface area contributed by atoms with E-state index in [1.54, 1.807) is 12.3 Å². The Morgan fingerprint density at radius 2 is 1.94 bits per heavy atom. The van der Waals surface area contributed by atoms with E-state index in [1.165, 1.54) is 6.20 Å². The Balaban J connectivity index is 1.58. The van der Waals surface area contributed by atoms with E-state index in [2.05, 4.69) is 36.8 Å². The first-order chi connectivity index (χ1) is 14.9. The molecule has 1 aliphatic rings. The molecule has 31 heavy (non-hydrogen) atoms. The summed E-state index contributed by atoms with van der Waals surface area (Å²) in [5.41, 5.74) is 6.93. The highest BCUT2D eigenvalue weighted by molar-refractivity contribution is 9.10. The summed E-state index contributed by atoms with van der Waals surface area (Å²) in [6.45, 7) is 3.78. The molecule has 0 radical (unpaired) electrons. The number of carbonyl (C=O) groups is 2. The van der Waals surface area contributed by atoms with Crippen molar-refractivity contribution >= 4 is 39.1 Å². The fourth-order valence-corrected chi connectivity index (χ4v) is 3.97. The number of carbonyl (C=O) groups excluding carboxylic acids is 2. The maximum absolute atomic E-state index is 12.9. The van der Waals surface area contributed by atoms with Crippen molar-refractivity contribution in [3.8, 4) is 0 Å². The molecule has 1 aliphatic carbocycles. The number of hydrogen-bond acceptors (Lipinski definition) is 5. The van der Waals surface area contributed by atoms with Crippen molar-refractivity contribution in [2.45, 2.75) is 33.1 Å². The summed E-state index contributed by atoms with van der Waals surface area (Å²) in [6, 6.07) is 9.25. The van der Waals surface area contributed by atoms with Crippen LogP contribution in [-0.2, 0) is 6.42 Å². The highest BCUT2D eigenvalue weighted by atomic mass is 79.9. The van der Waals surface area contributed by atoms with Crippen LogP contribution in [0.1, 0.15) is 56.2 Å². The van der Waals surface area contributed by atoms with Crippen molar-refractivity contribution in [2.24, 2.45) is 5.10 Å². The van der Waals surface area contributed by atoms with Crippen LogP contribution >= 0.6 is 15.9 Å². The van der Waals surface area contributed by atoms with Crippen molar-refractivity contribution < 1.29 is 14.0 Å². The van der Waals surface area contributed by atoms with Gasteiger partial charge in [0, 0.05) is 40.1 Å². The van der Waals surface area contributed by atoms with Crippen LogP contribution in [0, 0.1) is 13.8 Å². The number of hydrazone groups is 1. The molecule has 0 bridgehead atoms. The number of fused-ring (bicyclic) bond motifs is 1. The summed E-state index contributed by atoms with van der Waals surface area (Å²) in [6.07, 6.45) is 5.31. The summed E-state index contributed by atoms with van der Waals surface area (Å²) in [4.78, 5) is 29.3. The first kappa shape index (κ1) is 21.0. The number of furan rings is 1. The van der Waals surface area contributed by atoms with Gasteiger partial charge in [-0.15, -0.1) is 0 Å². The topological polar surface area (TPSA) is 96.6 Å². The second-order valence-electron chi connectivity index (χ2n) is 7.37. The molecule has 2 heterocycles. The van der Waals surface area contributed by atoms with Gasteiger partial charge in [-0.25, -0.2) is 5.43 Å². The lowest BCUT2D eigenvalue weighted by atomic mass is 9.93. The molecule has 0 saturated heterocycles. The van der Waals surface area contributed by atoms with Crippen LogP contribution in [0.5, 0.6) is 0 Å². The average Bonchev–Trinajstić information content (AvgIpc) is 3.11. The molecule has 0 atom stereocenters. The zero-order valence-electron chi connectivity index (χ0n) is 17.2. The summed E-state index contributed by atoms with van der Waals surface area (Å²) < 4.78 is 6.64. The Morgan fingerprint density at radius 1 is 1.13 bits per heavy atom. The molecule has 3 aromatic rings. The fourth-order valence-electron chi connectivity index (χ4n) is 3.61. The molecule has 2 aromatic heterocycles. The third-order valence-corrected chi connectivity index (χ3v) is 5.62. The molecule has 0 fully saturated rings. The monoisotopic (exact) mass is 480 g/mol. The molecule has 0 spiro atoms. The SMILES string of the molecule is Cc1ccccc1NC(=O)c1oc2c(c1C)/C(=N/NC(=O)c1cncc(Br)c1)CCC2. The van der Waals surface area contributed by atoms with Crippen LogP contribution in [0.3, 0.4) is 0 Å². The Bertz CT molecular complexity index is 1200. The van der Waals surface area contributed by atoms with E-state index >= 15 is 0 Å². The van der Waals surface area contributed by atoms with E-state index in [-0.39, 0.29) is 17.6 Å². The highest BCUT2D eigenvalue weighted by Crippen LogP contribution is 2.30. The predicted octanol–water partition coefficient (Wildman–Crippen LogP) is 4.78. The lowest BCUT2D eigenvalue weighted by Crippen LogP contribution is -2.22. The van der Waals surface area contributed by atoms with Crippen molar-refractivity contribution in [1.82, 2.24) is 10.4 Å². The number of nitrogens with zero attached hydrogens (tertiary/aromatic N) is 2. The third kappa shape index (κ3) is 4.44. The highest BCUT2D eigenvalue weighted by Gasteiger charge is 2.28. The summed E-state index contributed by atoms with van der Waals surface area (Å²) in [5.74, 6) is 0.332. The molecule has 0 unspecified atom stereocenters. The quantitative estimate of drug-likeness (QED) is 0.525. The van der Waals surface area contributed by atoms with Gasteiger partial charge in [0.05, 0.1) is 11.3 Å². The van der Waals surface area contributed by atoms with Crippen LogP contribution in [0.2, 0.25) is 0 Å². The molecule has 4 rings (SSSR count). The number of benzene rings is 1. The second kappa shape index (κ2) is 8.85. The smallest absolute Gasteiger partial charge is 0.291 e. The van der Waals surface area contributed by atoms with Gasteiger partial charge >= 0.3 is 0 Å². The number of para-hydroxylation sites is 1. The summed E-state index contributed by atoms with van der Waals surface area (Å²) >= 11 is 3.30. The molecule has 0 aliphatic heterocycles. The van der Waals surface area contributed by atoms with Gasteiger partial charge in [0.1, 0.15) is 5.76 Å². The van der Waals surface area contributed by atoms with Gasteiger partial charge < -0.3 is 9.73 Å². The number of nitrogens with one attached hydrogen (secondary N) is 2. The maximum atomic E-state index is 12.9. The van der Waals surface area contributed by atoms with E-state index < -0.39 is 0 Å². The van der Waals surface area contributed by atoms with Crippen LogP contribution in [0.15, 0.2) is 56.7 Å². The summed E-state index contributed by atoms with van der Waals surface area (Å²) in [5, 5.41) is 7.26. The Kier molecular flexibility index (Phi) is 5.99. The zero-order chi connectivity index (χ0) is 22.0. The number of rotatable bonds is 4. The van der Waals surface area contributed by atoms with E-state index in [1.807, 2.05) is 38.1 Å². The maximum Gasteiger partial charge on any atom is 0.291 e. The normalized spacial score (nSPS) is 14.2. The first-order valence-corrected chi connectivity index (χ1v) is 10.7. The van der Waals surface area contributed by atoms with Gasteiger partial charge in [-0.1, -0.05) is 18.2 Å². The van der Waals surface area contributed by atoms with Crippen molar-refractivity contribution in [3.05, 3.63) is 81.0 Å². The van der Waals surface area contributed by atoms with Crippen LogP contribution < -0.4 is 10.7 Å². The van der Waals surface area contributed by atoms with Gasteiger partial charge in [0.2, 0.25) is 0 Å². The molecule has 158 valence electrons. The van der Waals surface area contributed by atoms with Crippen LogP contribution in [0.25, 0.3) is 0 Å².